The summed E-state index contributed by atoms with van der Waals surface area (Å²) in [4.78, 5) is 29.2. The predicted octanol–water partition coefficient (Wildman–Crippen LogP) is 23.2. The van der Waals surface area contributed by atoms with Crippen molar-refractivity contribution >= 4 is 133 Å². The molecule has 0 unspecified atom stereocenters. The van der Waals surface area contributed by atoms with Gasteiger partial charge < -0.3 is 19.6 Å². The molecular formula is C86H60MnN8O2. The van der Waals surface area contributed by atoms with E-state index in [1.807, 2.05) is 24.4 Å². The minimum absolute atomic E-state index is 0.856. The Morgan fingerprint density at radius 1 is 0.216 bits per heavy atom. The van der Waals surface area contributed by atoms with Crippen molar-refractivity contribution in [3.63, 3.8) is 0 Å². The molecule has 11 heteroatoms. The molecule has 0 saturated heterocycles. The van der Waals surface area contributed by atoms with Crippen molar-refractivity contribution in [2.45, 2.75) is 0 Å². The quantitative estimate of drug-likeness (QED) is 0.0820. The molecule has 0 bridgehead atoms. The average molecular weight is 1290 g/mol. The maximum Gasteiger partial charge on any atom is 0.0979 e. The van der Waals surface area contributed by atoms with Gasteiger partial charge in [-0.1, -0.05) is 200 Å². The summed E-state index contributed by atoms with van der Waals surface area (Å²) < 4.78 is 16.8. The zero-order valence-electron chi connectivity index (χ0n) is 52.4. The molecule has 2 heterocycles. The van der Waals surface area contributed by atoms with Crippen molar-refractivity contribution in [3.05, 3.63) is 364 Å². The first-order valence-electron chi connectivity index (χ1n) is 31.9. The molecule has 10 nitrogen and oxygen atoms in total. The zero-order valence-corrected chi connectivity index (χ0v) is 53.6. The number of aromatic nitrogens is 4. The van der Waals surface area contributed by atoms with Crippen LogP contribution in [0.15, 0.2) is 364 Å². The van der Waals surface area contributed by atoms with Crippen molar-refractivity contribution < 1.29 is 22.5 Å². The fraction of sp³-hybridized carbons (Fsp3) is 0. The number of benzene rings is 15. The van der Waals surface area contributed by atoms with Crippen molar-refractivity contribution in [3.8, 4) is 11.3 Å². The van der Waals surface area contributed by atoms with Crippen molar-refractivity contribution in [1.82, 2.24) is 19.9 Å². The van der Waals surface area contributed by atoms with Gasteiger partial charge in [-0.05, 0) is 167 Å². The topological polar surface area (TPSA) is 98.7 Å². The van der Waals surface area contributed by atoms with Gasteiger partial charge in [0.2, 0.25) is 0 Å². The van der Waals surface area contributed by atoms with Gasteiger partial charge in [-0.25, -0.2) is 4.98 Å². The van der Waals surface area contributed by atoms with E-state index >= 15 is 0 Å². The van der Waals surface area contributed by atoms with Crippen LogP contribution in [0.3, 0.4) is 0 Å². The number of hydrogen-bond acceptors (Lipinski definition) is 10. The monoisotopic (exact) mass is 1290 g/mol. The molecule has 0 saturated carbocycles. The first kappa shape index (κ1) is 60.6. The summed E-state index contributed by atoms with van der Waals surface area (Å²) in [5, 5.41) is 8.77. The van der Waals surface area contributed by atoms with Crippen LogP contribution in [-0.4, -0.2) is 19.9 Å². The Kier molecular flexibility index (Phi) is 17.4. The molecular weight excluding hydrogens is 1230 g/mol. The van der Waals surface area contributed by atoms with Gasteiger partial charge in [-0.15, -0.1) is 0 Å². The van der Waals surface area contributed by atoms with E-state index in [1.54, 1.807) is 12.4 Å². The molecule has 0 aliphatic heterocycles. The van der Waals surface area contributed by atoms with E-state index in [4.69, 9.17) is 27.6 Å². The molecule has 0 spiro atoms. The molecule has 0 amide bonds. The Balaban J connectivity index is 0.000000154. The SMILES string of the molecule is [O]=[Mn]=[O].c1ccc(-c2cnc3c4ccc(N(c5ccccc5)c5ccccc5)cc4c4cc(N(c5ccccc5)c5ccccc5)ccc4c3n2)cc1.c1ccc(N(c2ccccc2)c2ccc3c(c2)c2cc(N(c4ccccc4)c4ccccc4)ccc2c2nccnc32)cc1. The molecule has 15 aromatic carbocycles. The number of para-hydroxylation sites is 8. The number of hydrogen-bond donors (Lipinski definition) is 0. The Labute approximate surface area is 567 Å². The minimum atomic E-state index is -1.44. The van der Waals surface area contributed by atoms with Crippen molar-refractivity contribution in [2.75, 3.05) is 19.6 Å². The Hall–Kier alpha value is -12.7. The summed E-state index contributed by atoms with van der Waals surface area (Å²) in [5.41, 5.74) is 18.5. The summed E-state index contributed by atoms with van der Waals surface area (Å²) in [7, 11) is 0. The van der Waals surface area contributed by atoms with E-state index in [-0.39, 0.29) is 0 Å². The minimum Gasteiger partial charge on any atom is -0.310 e. The van der Waals surface area contributed by atoms with Crippen LogP contribution in [0.2, 0.25) is 0 Å². The molecule has 97 heavy (non-hydrogen) atoms. The van der Waals surface area contributed by atoms with Gasteiger partial charge in [0.1, 0.15) is 0 Å². The molecule has 463 valence electrons. The van der Waals surface area contributed by atoms with Crippen LogP contribution in [-0.2, 0) is 22.5 Å². The third-order valence-corrected chi connectivity index (χ3v) is 17.3. The van der Waals surface area contributed by atoms with E-state index in [2.05, 4.69) is 347 Å². The number of nitrogens with zero attached hydrogens (tertiary/aromatic N) is 8. The van der Waals surface area contributed by atoms with Gasteiger partial charge in [0.05, 0.1) is 34.0 Å². The van der Waals surface area contributed by atoms with Gasteiger partial charge in [0.25, 0.3) is 0 Å². The second kappa shape index (κ2) is 27.9. The second-order valence-electron chi connectivity index (χ2n) is 23.1. The van der Waals surface area contributed by atoms with E-state index in [9.17, 15) is 0 Å². The molecule has 0 atom stereocenters. The van der Waals surface area contributed by atoms with Gasteiger partial charge in [0, 0.05) is 108 Å². The molecule has 2 aromatic heterocycles. The van der Waals surface area contributed by atoms with Crippen molar-refractivity contribution in [1.29, 1.82) is 0 Å². The van der Waals surface area contributed by atoms with E-state index in [0.717, 1.165) is 145 Å². The van der Waals surface area contributed by atoms with Gasteiger partial charge in [-0.3, -0.25) is 15.0 Å². The van der Waals surface area contributed by atoms with E-state index < -0.39 is 14.8 Å². The Morgan fingerprint density at radius 2 is 0.433 bits per heavy atom. The van der Waals surface area contributed by atoms with Crippen molar-refractivity contribution in [2.24, 2.45) is 0 Å². The van der Waals surface area contributed by atoms with E-state index in [0.29, 0.717) is 0 Å². The zero-order chi connectivity index (χ0) is 65.3. The predicted molar refractivity (Wildman–Crippen MR) is 395 cm³/mol. The molecule has 0 aliphatic carbocycles. The normalized spacial score (nSPS) is 11.0. The number of fused-ring (bicyclic) bond motifs is 12. The summed E-state index contributed by atoms with van der Waals surface area (Å²) in [6, 6.07) is 121. The van der Waals surface area contributed by atoms with Gasteiger partial charge in [0.15, 0.2) is 0 Å². The van der Waals surface area contributed by atoms with Crippen LogP contribution in [0.5, 0.6) is 0 Å². The third kappa shape index (κ3) is 12.3. The first-order chi connectivity index (χ1) is 48.1. The molecule has 17 rings (SSSR count). The molecule has 17 aromatic rings. The van der Waals surface area contributed by atoms with Crippen LogP contribution in [0, 0.1) is 0 Å². The third-order valence-electron chi connectivity index (χ3n) is 17.3. The fourth-order valence-corrected chi connectivity index (χ4v) is 13.1. The molecule has 0 radical (unpaired) electrons. The summed E-state index contributed by atoms with van der Waals surface area (Å²) in [5.74, 6) is 0. The largest absolute Gasteiger partial charge is 0.310 e. The molecule has 0 aliphatic rings. The maximum absolute atomic E-state index is 8.41. The van der Waals surface area contributed by atoms with Crippen LogP contribution >= 0.6 is 0 Å². The number of anilines is 12. The van der Waals surface area contributed by atoms with E-state index in [1.165, 1.54) is 0 Å². The van der Waals surface area contributed by atoms with Gasteiger partial charge >= 0.3 is 22.5 Å². The summed E-state index contributed by atoms with van der Waals surface area (Å²) in [6.45, 7) is 0. The Bertz CT molecular complexity index is 5300. The van der Waals surface area contributed by atoms with Gasteiger partial charge in [-0.2, -0.15) is 0 Å². The average Bonchev–Trinajstić information content (AvgIpc) is 0.736. The maximum atomic E-state index is 8.41. The van der Waals surface area contributed by atoms with Crippen LogP contribution in [0.4, 0.5) is 68.2 Å². The second-order valence-corrected chi connectivity index (χ2v) is 23.3. The standard InChI is InChI=1S/C46H32N4.C40H28N4.Mn.2O/c1-6-16-33(17-7-1)44-32-47-45-40-28-26-38(49(34-18-8-2-9-19-34)35-20-10-3-11-21-35)30-42(40)43-31-39(27-29-41(43)46(45)48-44)50(36-22-12-4-13-23-36)37-24-14-5-15-25-37;1-5-13-29(14-6-1)43(30-15-7-2-8-16-30)33-21-23-35-37(27-33)38-28-34(22-24-36(38)40-39(35)41-25-26-42-40)44(31-17-9-3-10-18-31)32-19-11-4-12-20-32;;;/h1-32H;1-28H;;;. The molecule has 0 fully saturated rings. The fourth-order valence-electron chi connectivity index (χ4n) is 13.1. The first-order valence-corrected chi connectivity index (χ1v) is 32.9. The smallest absolute Gasteiger partial charge is 0.0979 e. The molecule has 0 N–H and O–H groups in total. The van der Waals surface area contributed by atoms with Crippen LogP contribution < -0.4 is 19.6 Å². The van der Waals surface area contributed by atoms with Crippen LogP contribution in [0.25, 0.3) is 76.4 Å². The summed E-state index contributed by atoms with van der Waals surface area (Å²) >= 11 is -1.44. The summed E-state index contributed by atoms with van der Waals surface area (Å²) in [6.07, 6.45) is 5.46. The van der Waals surface area contributed by atoms with Crippen LogP contribution in [0.1, 0.15) is 0 Å². The Morgan fingerprint density at radius 3 is 0.680 bits per heavy atom. The number of rotatable bonds is 13.